The molecule has 5 aromatic rings. The lowest BCUT2D eigenvalue weighted by molar-refractivity contribution is 0.422. The van der Waals surface area contributed by atoms with Gasteiger partial charge in [-0.15, -0.1) is 16.4 Å². The minimum Gasteiger partial charge on any atom is -0.508 e. The van der Waals surface area contributed by atoms with Crippen LogP contribution in [0.15, 0.2) is 66.6 Å². The fraction of sp³-hybridized carbons (Fsp3) is 0.0476. The SMILES string of the molecule is Oc1ccc2c(c1)Oc1ncn3nc(-c4cccs4)nc3c1C2c1cccnc1. The van der Waals surface area contributed by atoms with E-state index in [1.54, 1.807) is 40.5 Å². The van der Waals surface area contributed by atoms with Gasteiger partial charge in [-0.2, -0.15) is 0 Å². The van der Waals surface area contributed by atoms with Gasteiger partial charge in [-0.05, 0) is 29.1 Å². The van der Waals surface area contributed by atoms with Gasteiger partial charge >= 0.3 is 0 Å². The Hall–Kier alpha value is -3.78. The molecule has 0 radical (unpaired) electrons. The lowest BCUT2D eigenvalue weighted by Crippen LogP contribution is -2.15. The van der Waals surface area contributed by atoms with Crippen LogP contribution in [0.5, 0.6) is 17.4 Å². The standard InChI is InChI=1S/C21H13N5O2S/c27-13-5-6-14-15(9-13)28-21-18(17(14)12-3-1-7-22-10-12)20-24-19(16-4-2-8-29-16)25-26(20)11-23-21/h1-11,17,27H. The molecule has 1 unspecified atom stereocenters. The molecule has 1 aliphatic rings. The number of pyridine rings is 1. The maximum absolute atomic E-state index is 9.94. The van der Waals surface area contributed by atoms with Crippen molar-refractivity contribution in [1.82, 2.24) is 24.6 Å². The molecule has 6 rings (SSSR count). The van der Waals surface area contributed by atoms with Crippen molar-refractivity contribution in [2.24, 2.45) is 0 Å². The van der Waals surface area contributed by atoms with E-state index in [4.69, 9.17) is 9.72 Å². The van der Waals surface area contributed by atoms with Crippen LogP contribution in [0.1, 0.15) is 22.6 Å². The van der Waals surface area contributed by atoms with Gasteiger partial charge in [0.15, 0.2) is 11.5 Å². The molecule has 0 amide bonds. The Balaban J connectivity index is 1.64. The Kier molecular flexibility index (Phi) is 3.41. The highest BCUT2D eigenvalue weighted by molar-refractivity contribution is 7.13. The summed E-state index contributed by atoms with van der Waals surface area (Å²) in [6.45, 7) is 0. The first-order valence-corrected chi connectivity index (χ1v) is 9.86. The number of nitrogens with zero attached hydrogens (tertiary/aromatic N) is 5. The summed E-state index contributed by atoms with van der Waals surface area (Å²) in [7, 11) is 0. The van der Waals surface area contributed by atoms with Crippen LogP contribution in [0, 0.1) is 0 Å². The highest BCUT2D eigenvalue weighted by atomic mass is 32.1. The molecular formula is C21H13N5O2S. The molecule has 29 heavy (non-hydrogen) atoms. The van der Waals surface area contributed by atoms with E-state index in [-0.39, 0.29) is 11.7 Å². The lowest BCUT2D eigenvalue weighted by atomic mass is 9.84. The maximum Gasteiger partial charge on any atom is 0.228 e. The highest BCUT2D eigenvalue weighted by Gasteiger charge is 2.33. The van der Waals surface area contributed by atoms with Gasteiger partial charge in [0.1, 0.15) is 17.8 Å². The molecule has 0 saturated carbocycles. The predicted molar refractivity (Wildman–Crippen MR) is 107 cm³/mol. The number of benzene rings is 1. The second kappa shape index (κ2) is 6.11. The number of aromatic nitrogens is 5. The van der Waals surface area contributed by atoms with Gasteiger partial charge in [0.25, 0.3) is 0 Å². The molecule has 140 valence electrons. The van der Waals surface area contributed by atoms with Gasteiger partial charge in [0.05, 0.1) is 10.4 Å². The molecule has 0 fully saturated rings. The zero-order valence-electron chi connectivity index (χ0n) is 14.9. The van der Waals surface area contributed by atoms with Crippen molar-refractivity contribution >= 4 is 17.0 Å². The number of hydrogen-bond acceptors (Lipinski definition) is 7. The summed E-state index contributed by atoms with van der Waals surface area (Å²) in [4.78, 5) is 14.6. The zero-order chi connectivity index (χ0) is 19.4. The number of thiophene rings is 1. The second-order valence-corrected chi connectivity index (χ2v) is 7.64. The minimum atomic E-state index is -0.195. The molecular weight excluding hydrogens is 386 g/mol. The Morgan fingerprint density at radius 3 is 2.93 bits per heavy atom. The van der Waals surface area contributed by atoms with Crippen molar-refractivity contribution in [3.8, 4) is 28.1 Å². The van der Waals surface area contributed by atoms with Gasteiger partial charge in [-0.1, -0.05) is 18.2 Å². The van der Waals surface area contributed by atoms with Crippen molar-refractivity contribution in [2.45, 2.75) is 5.92 Å². The molecule has 5 heterocycles. The topological polar surface area (TPSA) is 85.4 Å². The van der Waals surface area contributed by atoms with Crippen LogP contribution in [-0.4, -0.2) is 29.7 Å². The van der Waals surface area contributed by atoms with Crippen LogP contribution < -0.4 is 4.74 Å². The summed E-state index contributed by atoms with van der Waals surface area (Å²) >= 11 is 1.59. The van der Waals surface area contributed by atoms with Gasteiger partial charge in [-0.25, -0.2) is 14.5 Å². The van der Waals surface area contributed by atoms with Gasteiger partial charge < -0.3 is 9.84 Å². The summed E-state index contributed by atoms with van der Waals surface area (Å²) in [6.07, 6.45) is 5.18. The van der Waals surface area contributed by atoms with E-state index in [9.17, 15) is 5.11 Å². The van der Waals surface area contributed by atoms with E-state index in [1.165, 1.54) is 0 Å². The second-order valence-electron chi connectivity index (χ2n) is 6.69. The third-order valence-corrected chi connectivity index (χ3v) is 5.82. The number of phenolic OH excluding ortho intramolecular Hbond substituents is 1. The van der Waals surface area contributed by atoms with Gasteiger partial charge in [-0.3, -0.25) is 4.98 Å². The Morgan fingerprint density at radius 2 is 2.10 bits per heavy atom. The van der Waals surface area contributed by atoms with Crippen LogP contribution in [0.2, 0.25) is 0 Å². The van der Waals surface area contributed by atoms with Crippen molar-refractivity contribution in [2.75, 3.05) is 0 Å². The van der Waals surface area contributed by atoms with E-state index in [0.29, 0.717) is 23.1 Å². The highest BCUT2D eigenvalue weighted by Crippen LogP contribution is 2.48. The summed E-state index contributed by atoms with van der Waals surface area (Å²) in [5.74, 6) is 1.62. The van der Waals surface area contributed by atoms with Crippen molar-refractivity contribution < 1.29 is 9.84 Å². The first-order valence-electron chi connectivity index (χ1n) is 8.98. The largest absolute Gasteiger partial charge is 0.508 e. The minimum absolute atomic E-state index is 0.140. The molecule has 0 saturated heterocycles. The Labute approximate surface area is 168 Å². The van der Waals surface area contributed by atoms with Crippen LogP contribution in [0.4, 0.5) is 0 Å². The number of fused-ring (bicyclic) bond motifs is 4. The average molecular weight is 399 g/mol. The molecule has 0 aliphatic carbocycles. The monoisotopic (exact) mass is 399 g/mol. The number of aromatic hydroxyl groups is 1. The van der Waals surface area contributed by atoms with Crippen LogP contribution in [0.25, 0.3) is 16.3 Å². The van der Waals surface area contributed by atoms with E-state index in [0.717, 1.165) is 21.6 Å². The molecule has 8 heteroatoms. The Bertz CT molecular complexity index is 1350. The van der Waals surface area contributed by atoms with Crippen molar-refractivity contribution in [1.29, 1.82) is 0 Å². The van der Waals surface area contributed by atoms with Crippen LogP contribution in [-0.2, 0) is 0 Å². The molecule has 1 N–H and O–H groups in total. The summed E-state index contributed by atoms with van der Waals surface area (Å²) in [5, 5.41) is 16.5. The molecule has 7 nitrogen and oxygen atoms in total. The number of phenols is 1. The fourth-order valence-electron chi connectivity index (χ4n) is 3.71. The summed E-state index contributed by atoms with van der Waals surface area (Å²) in [6, 6.07) is 13.0. The molecule has 1 aliphatic heterocycles. The smallest absolute Gasteiger partial charge is 0.228 e. The number of rotatable bonds is 2. The molecule has 0 bridgehead atoms. The normalized spacial score (nSPS) is 15.0. The van der Waals surface area contributed by atoms with Gasteiger partial charge in [0, 0.05) is 29.9 Å². The van der Waals surface area contributed by atoms with Crippen molar-refractivity contribution in [3.63, 3.8) is 0 Å². The quantitative estimate of drug-likeness (QED) is 0.469. The average Bonchev–Trinajstić information content (AvgIpc) is 3.42. The lowest BCUT2D eigenvalue weighted by Gasteiger charge is -2.27. The predicted octanol–water partition coefficient (Wildman–Crippen LogP) is 4.24. The third kappa shape index (κ3) is 2.50. The zero-order valence-corrected chi connectivity index (χ0v) is 15.7. The number of hydrogen-bond donors (Lipinski definition) is 1. The maximum atomic E-state index is 9.94. The van der Waals surface area contributed by atoms with E-state index in [1.807, 2.05) is 41.9 Å². The first-order chi connectivity index (χ1) is 14.3. The van der Waals surface area contributed by atoms with E-state index >= 15 is 0 Å². The fourth-order valence-corrected chi connectivity index (χ4v) is 4.36. The van der Waals surface area contributed by atoms with E-state index in [2.05, 4.69) is 15.1 Å². The summed E-state index contributed by atoms with van der Waals surface area (Å²) < 4.78 is 7.73. The van der Waals surface area contributed by atoms with Crippen LogP contribution in [0.3, 0.4) is 0 Å². The molecule has 0 spiro atoms. The summed E-state index contributed by atoms with van der Waals surface area (Å²) in [5.41, 5.74) is 3.42. The van der Waals surface area contributed by atoms with E-state index < -0.39 is 0 Å². The number of ether oxygens (including phenoxy) is 1. The molecule has 4 aromatic heterocycles. The van der Waals surface area contributed by atoms with Crippen molar-refractivity contribution in [3.05, 3.63) is 83.3 Å². The Morgan fingerprint density at radius 1 is 1.14 bits per heavy atom. The van der Waals surface area contributed by atoms with Gasteiger partial charge in [0.2, 0.25) is 5.88 Å². The van der Waals surface area contributed by atoms with Crippen LogP contribution >= 0.6 is 11.3 Å². The third-order valence-electron chi connectivity index (χ3n) is 4.95. The first kappa shape index (κ1) is 16.2. The molecule has 1 atom stereocenters. The molecule has 1 aromatic carbocycles.